The summed E-state index contributed by atoms with van der Waals surface area (Å²) in [6.45, 7) is 1.38. The van der Waals surface area contributed by atoms with Crippen LogP contribution in [0.3, 0.4) is 0 Å². The summed E-state index contributed by atoms with van der Waals surface area (Å²) in [5, 5.41) is 7.58. The van der Waals surface area contributed by atoms with Crippen LogP contribution in [0.5, 0.6) is 0 Å². The second-order valence-electron chi connectivity index (χ2n) is 6.27. The normalized spacial score (nSPS) is 14.7. The van der Waals surface area contributed by atoms with Crippen LogP contribution in [0, 0.1) is 5.82 Å². The molecule has 1 heterocycles. The van der Waals surface area contributed by atoms with Gasteiger partial charge in [0.2, 0.25) is 0 Å². The fourth-order valence-corrected chi connectivity index (χ4v) is 3.51. The van der Waals surface area contributed by atoms with Crippen LogP contribution in [0.15, 0.2) is 42.5 Å². The molecule has 0 aromatic heterocycles. The van der Waals surface area contributed by atoms with E-state index in [1.807, 2.05) is 11.0 Å². The quantitative estimate of drug-likeness (QED) is 0.697. The lowest BCUT2D eigenvalue weighted by Crippen LogP contribution is -2.47. The summed E-state index contributed by atoms with van der Waals surface area (Å²) in [7, 11) is 0. The number of carbonyl (C=O) groups excluding carboxylic acids is 1. The van der Waals surface area contributed by atoms with Gasteiger partial charge >= 0.3 is 0 Å². The molecule has 0 unspecified atom stereocenters. The maximum Gasteiger partial charge on any atom is 0.254 e. The lowest BCUT2D eigenvalue weighted by Gasteiger charge is -2.34. The number of anilines is 1. The average Bonchev–Trinajstić information content (AvgIpc) is 2.65. The van der Waals surface area contributed by atoms with Gasteiger partial charge in [-0.05, 0) is 55.4 Å². The summed E-state index contributed by atoms with van der Waals surface area (Å²) in [4.78, 5) is 14.3. The van der Waals surface area contributed by atoms with Crippen molar-refractivity contribution in [1.82, 2.24) is 10.2 Å². The maximum absolute atomic E-state index is 13.7. The molecule has 1 saturated heterocycles. The Kier molecular flexibility index (Phi) is 6.52. The summed E-state index contributed by atoms with van der Waals surface area (Å²) >= 11 is 17.4. The number of thiocarbonyl (C=S) groups is 1. The number of halogens is 3. The van der Waals surface area contributed by atoms with Crippen molar-refractivity contribution in [3.63, 3.8) is 0 Å². The van der Waals surface area contributed by atoms with Gasteiger partial charge in [0.25, 0.3) is 5.91 Å². The van der Waals surface area contributed by atoms with Crippen molar-refractivity contribution in [3.8, 4) is 0 Å². The number of hydrogen-bond acceptors (Lipinski definition) is 2. The van der Waals surface area contributed by atoms with Crippen LogP contribution in [-0.4, -0.2) is 35.1 Å². The number of benzene rings is 2. The summed E-state index contributed by atoms with van der Waals surface area (Å²) in [5.74, 6) is -0.900. The molecule has 0 atom stereocenters. The fraction of sp³-hybridized carbons (Fsp3) is 0.263. The molecule has 3 rings (SSSR count). The second kappa shape index (κ2) is 8.87. The Hall–Kier alpha value is -1.89. The molecule has 0 saturated carbocycles. The molecule has 0 radical (unpaired) electrons. The van der Waals surface area contributed by atoms with Crippen molar-refractivity contribution < 1.29 is 9.18 Å². The van der Waals surface area contributed by atoms with Gasteiger partial charge in [0.05, 0.1) is 15.6 Å². The minimum Gasteiger partial charge on any atom is -0.349 e. The molecule has 142 valence electrons. The zero-order valence-electron chi connectivity index (χ0n) is 14.3. The maximum atomic E-state index is 13.7. The highest BCUT2D eigenvalue weighted by atomic mass is 35.5. The van der Waals surface area contributed by atoms with Gasteiger partial charge < -0.3 is 15.5 Å². The SMILES string of the molecule is O=C(NC1CCN(C(=S)Nc2ccc(Cl)c(Cl)c2)CC1)c1ccccc1F. The van der Waals surface area contributed by atoms with Crippen LogP contribution in [0.4, 0.5) is 10.1 Å². The monoisotopic (exact) mass is 425 g/mol. The molecule has 2 aromatic rings. The molecular weight excluding hydrogens is 408 g/mol. The largest absolute Gasteiger partial charge is 0.349 e. The van der Waals surface area contributed by atoms with Gasteiger partial charge in [0, 0.05) is 24.8 Å². The van der Waals surface area contributed by atoms with E-state index in [2.05, 4.69) is 10.6 Å². The molecule has 27 heavy (non-hydrogen) atoms. The number of piperidine rings is 1. The predicted octanol–water partition coefficient (Wildman–Crippen LogP) is 4.72. The van der Waals surface area contributed by atoms with Crippen LogP contribution in [0.25, 0.3) is 0 Å². The first-order valence-electron chi connectivity index (χ1n) is 8.50. The number of likely N-dealkylation sites (tertiary alicyclic amines) is 1. The minimum atomic E-state index is -0.514. The summed E-state index contributed by atoms with van der Waals surface area (Å²) < 4.78 is 13.7. The van der Waals surface area contributed by atoms with Gasteiger partial charge in [-0.15, -0.1) is 0 Å². The van der Waals surface area contributed by atoms with Crippen molar-refractivity contribution in [3.05, 3.63) is 63.9 Å². The first kappa shape index (κ1) is 19.9. The molecule has 1 amide bonds. The summed E-state index contributed by atoms with van der Waals surface area (Å²) in [6, 6.07) is 11.2. The van der Waals surface area contributed by atoms with Gasteiger partial charge in [-0.3, -0.25) is 4.79 Å². The van der Waals surface area contributed by atoms with E-state index in [4.69, 9.17) is 35.4 Å². The molecule has 0 spiro atoms. The Bertz CT molecular complexity index is 857. The molecule has 2 N–H and O–H groups in total. The molecule has 4 nitrogen and oxygen atoms in total. The van der Waals surface area contributed by atoms with E-state index < -0.39 is 5.82 Å². The average molecular weight is 426 g/mol. The number of amides is 1. The van der Waals surface area contributed by atoms with E-state index in [1.165, 1.54) is 12.1 Å². The molecule has 1 fully saturated rings. The number of rotatable bonds is 3. The highest BCUT2D eigenvalue weighted by Gasteiger charge is 2.23. The predicted molar refractivity (Wildman–Crippen MR) is 111 cm³/mol. The Balaban J connectivity index is 1.51. The zero-order chi connectivity index (χ0) is 19.4. The van der Waals surface area contributed by atoms with E-state index in [-0.39, 0.29) is 17.5 Å². The molecule has 0 bridgehead atoms. The topological polar surface area (TPSA) is 44.4 Å². The van der Waals surface area contributed by atoms with Crippen molar-refractivity contribution in [2.75, 3.05) is 18.4 Å². The smallest absolute Gasteiger partial charge is 0.254 e. The zero-order valence-corrected chi connectivity index (χ0v) is 16.7. The van der Waals surface area contributed by atoms with E-state index in [1.54, 1.807) is 24.3 Å². The van der Waals surface area contributed by atoms with Gasteiger partial charge in [-0.1, -0.05) is 35.3 Å². The Morgan fingerprint density at radius 3 is 2.48 bits per heavy atom. The highest BCUT2D eigenvalue weighted by Crippen LogP contribution is 2.25. The number of hydrogen-bond donors (Lipinski definition) is 2. The van der Waals surface area contributed by atoms with Gasteiger partial charge in [-0.2, -0.15) is 0 Å². The lowest BCUT2D eigenvalue weighted by atomic mass is 10.0. The highest BCUT2D eigenvalue weighted by molar-refractivity contribution is 7.80. The van der Waals surface area contributed by atoms with Crippen LogP contribution < -0.4 is 10.6 Å². The summed E-state index contributed by atoms with van der Waals surface area (Å²) in [6.07, 6.45) is 1.45. The van der Waals surface area contributed by atoms with E-state index in [9.17, 15) is 9.18 Å². The molecule has 1 aliphatic rings. The molecule has 1 aliphatic heterocycles. The molecular formula is C19H18Cl2FN3OS. The third-order valence-electron chi connectivity index (χ3n) is 4.41. The fourth-order valence-electron chi connectivity index (χ4n) is 2.91. The van der Waals surface area contributed by atoms with Crippen LogP contribution >= 0.6 is 35.4 Å². The van der Waals surface area contributed by atoms with Gasteiger partial charge in [0.15, 0.2) is 5.11 Å². The van der Waals surface area contributed by atoms with E-state index in [0.29, 0.717) is 28.2 Å². The van der Waals surface area contributed by atoms with E-state index >= 15 is 0 Å². The van der Waals surface area contributed by atoms with Gasteiger partial charge in [-0.25, -0.2) is 4.39 Å². The van der Waals surface area contributed by atoms with Crippen LogP contribution in [0.1, 0.15) is 23.2 Å². The number of nitrogens with zero attached hydrogens (tertiary/aromatic N) is 1. The second-order valence-corrected chi connectivity index (χ2v) is 7.47. The third kappa shape index (κ3) is 5.09. The minimum absolute atomic E-state index is 0.0128. The summed E-state index contributed by atoms with van der Waals surface area (Å²) in [5.41, 5.74) is 0.834. The molecule has 8 heteroatoms. The third-order valence-corrected chi connectivity index (χ3v) is 5.51. The Morgan fingerprint density at radius 1 is 1.11 bits per heavy atom. The molecule has 0 aliphatic carbocycles. The first-order valence-corrected chi connectivity index (χ1v) is 9.67. The van der Waals surface area contributed by atoms with Crippen molar-refractivity contribution in [2.24, 2.45) is 0 Å². The standard InChI is InChI=1S/C19H18Cl2FN3OS/c20-15-6-5-13(11-16(15)21)24-19(27)25-9-7-12(8-10-25)23-18(26)14-3-1-2-4-17(14)22/h1-6,11-12H,7-10H2,(H,23,26)(H,24,27). The Morgan fingerprint density at radius 2 is 1.81 bits per heavy atom. The molecule has 2 aromatic carbocycles. The van der Waals surface area contributed by atoms with Crippen molar-refractivity contribution >= 4 is 52.1 Å². The number of carbonyl (C=O) groups is 1. The Labute approximate surface area is 172 Å². The van der Waals surface area contributed by atoms with Crippen LogP contribution in [0.2, 0.25) is 10.0 Å². The van der Waals surface area contributed by atoms with Crippen LogP contribution in [-0.2, 0) is 0 Å². The number of nitrogens with one attached hydrogen (secondary N) is 2. The first-order chi connectivity index (χ1) is 12.9. The van der Waals surface area contributed by atoms with Gasteiger partial charge in [0.1, 0.15) is 5.82 Å². The van der Waals surface area contributed by atoms with Crippen molar-refractivity contribution in [1.29, 1.82) is 0 Å². The van der Waals surface area contributed by atoms with E-state index in [0.717, 1.165) is 18.5 Å². The van der Waals surface area contributed by atoms with Crippen molar-refractivity contribution in [2.45, 2.75) is 18.9 Å². The lowest BCUT2D eigenvalue weighted by molar-refractivity contribution is 0.0918.